The maximum atomic E-state index is 12.0. The molecule has 0 spiro atoms. The van der Waals surface area contributed by atoms with Crippen molar-refractivity contribution >= 4 is 5.91 Å². The van der Waals surface area contributed by atoms with E-state index in [0.717, 1.165) is 65.3 Å². The van der Waals surface area contributed by atoms with Crippen LogP contribution in [0.15, 0.2) is 0 Å². The quantitative estimate of drug-likeness (QED) is 0.804. The van der Waals surface area contributed by atoms with Crippen LogP contribution in [0, 0.1) is 11.8 Å². The molecule has 3 rings (SSSR count). The van der Waals surface area contributed by atoms with Crippen LogP contribution >= 0.6 is 0 Å². The zero-order valence-electron chi connectivity index (χ0n) is 12.2. The standard InChI is InChI=1S/C15H26N2O3/c18-15(12-2-1-3-12)16-10-14(13-4-7-20-11-13)17-5-8-19-9-6-17/h12-14H,1-11H2,(H,16,18). The van der Waals surface area contributed by atoms with E-state index in [9.17, 15) is 4.79 Å². The highest BCUT2D eigenvalue weighted by molar-refractivity contribution is 5.79. The molecule has 1 amide bonds. The number of nitrogens with one attached hydrogen (secondary N) is 1. The molecule has 114 valence electrons. The smallest absolute Gasteiger partial charge is 0.223 e. The zero-order valence-corrected chi connectivity index (χ0v) is 12.2. The number of hydrogen-bond acceptors (Lipinski definition) is 4. The first-order chi connectivity index (χ1) is 9.84. The van der Waals surface area contributed by atoms with Crippen molar-refractivity contribution in [3.8, 4) is 0 Å². The van der Waals surface area contributed by atoms with Crippen LogP contribution in [-0.4, -0.2) is 62.9 Å². The minimum absolute atomic E-state index is 0.258. The number of amides is 1. The van der Waals surface area contributed by atoms with Crippen molar-refractivity contribution in [3.05, 3.63) is 0 Å². The highest BCUT2D eigenvalue weighted by Crippen LogP contribution is 2.27. The monoisotopic (exact) mass is 282 g/mol. The maximum Gasteiger partial charge on any atom is 0.223 e. The van der Waals surface area contributed by atoms with Gasteiger partial charge in [-0.15, -0.1) is 0 Å². The van der Waals surface area contributed by atoms with E-state index in [1.807, 2.05) is 0 Å². The Morgan fingerprint density at radius 2 is 1.95 bits per heavy atom. The van der Waals surface area contributed by atoms with E-state index >= 15 is 0 Å². The Hall–Kier alpha value is -0.650. The lowest BCUT2D eigenvalue weighted by atomic mass is 9.84. The first-order valence-corrected chi connectivity index (χ1v) is 8.02. The third-order valence-corrected chi connectivity index (χ3v) is 4.99. The molecule has 2 unspecified atom stereocenters. The summed E-state index contributed by atoms with van der Waals surface area (Å²) in [5, 5.41) is 3.18. The summed E-state index contributed by atoms with van der Waals surface area (Å²) in [6, 6.07) is 0.408. The molecule has 2 aliphatic heterocycles. The molecule has 0 aromatic carbocycles. The van der Waals surface area contributed by atoms with Gasteiger partial charge in [-0.05, 0) is 19.3 Å². The van der Waals surface area contributed by atoms with Crippen molar-refractivity contribution in [2.75, 3.05) is 46.1 Å². The van der Waals surface area contributed by atoms with E-state index < -0.39 is 0 Å². The second-order valence-corrected chi connectivity index (χ2v) is 6.21. The van der Waals surface area contributed by atoms with Gasteiger partial charge in [0.15, 0.2) is 0 Å². The van der Waals surface area contributed by atoms with Gasteiger partial charge in [-0.2, -0.15) is 0 Å². The van der Waals surface area contributed by atoms with Gasteiger partial charge in [-0.25, -0.2) is 0 Å². The predicted molar refractivity (Wildman–Crippen MR) is 75.5 cm³/mol. The summed E-state index contributed by atoms with van der Waals surface area (Å²) in [6.07, 6.45) is 4.46. The van der Waals surface area contributed by atoms with E-state index in [1.54, 1.807) is 0 Å². The number of hydrogen-bond donors (Lipinski definition) is 1. The number of carbonyl (C=O) groups is 1. The Labute approximate surface area is 121 Å². The first-order valence-electron chi connectivity index (χ1n) is 8.02. The largest absolute Gasteiger partial charge is 0.381 e. The molecule has 2 saturated heterocycles. The van der Waals surface area contributed by atoms with Crippen LogP contribution < -0.4 is 5.32 Å². The van der Waals surface area contributed by atoms with E-state index in [0.29, 0.717) is 12.0 Å². The lowest BCUT2D eigenvalue weighted by molar-refractivity contribution is -0.127. The number of nitrogens with zero attached hydrogens (tertiary/aromatic N) is 1. The fraction of sp³-hybridized carbons (Fsp3) is 0.933. The second kappa shape index (κ2) is 6.87. The molecule has 20 heavy (non-hydrogen) atoms. The summed E-state index contributed by atoms with van der Waals surface area (Å²) >= 11 is 0. The molecule has 1 N–H and O–H groups in total. The number of ether oxygens (including phenoxy) is 2. The summed E-state index contributed by atoms with van der Waals surface area (Å²) in [5.41, 5.74) is 0. The predicted octanol–water partition coefficient (Wildman–Crippen LogP) is 0.640. The topological polar surface area (TPSA) is 50.8 Å². The van der Waals surface area contributed by atoms with Crippen molar-refractivity contribution in [1.82, 2.24) is 10.2 Å². The Balaban J connectivity index is 1.54. The molecule has 2 heterocycles. The van der Waals surface area contributed by atoms with Crippen molar-refractivity contribution in [2.24, 2.45) is 11.8 Å². The Morgan fingerprint density at radius 3 is 2.55 bits per heavy atom. The zero-order chi connectivity index (χ0) is 13.8. The molecule has 0 aromatic heterocycles. The minimum Gasteiger partial charge on any atom is -0.381 e. The Morgan fingerprint density at radius 1 is 1.15 bits per heavy atom. The fourth-order valence-corrected chi connectivity index (χ4v) is 3.38. The highest BCUT2D eigenvalue weighted by Gasteiger charge is 2.33. The third-order valence-electron chi connectivity index (χ3n) is 4.99. The molecule has 0 radical (unpaired) electrons. The number of carbonyl (C=O) groups excluding carboxylic acids is 1. The third kappa shape index (κ3) is 3.32. The second-order valence-electron chi connectivity index (χ2n) is 6.21. The number of morpholine rings is 1. The van der Waals surface area contributed by atoms with Crippen molar-refractivity contribution in [2.45, 2.75) is 31.7 Å². The lowest BCUT2D eigenvalue weighted by Gasteiger charge is -2.38. The average molecular weight is 282 g/mol. The molecule has 1 saturated carbocycles. The number of rotatable bonds is 5. The van der Waals surface area contributed by atoms with Gasteiger partial charge < -0.3 is 14.8 Å². The molecule has 3 fully saturated rings. The van der Waals surface area contributed by atoms with E-state index in [1.165, 1.54) is 6.42 Å². The summed E-state index contributed by atoms with van der Waals surface area (Å²) in [7, 11) is 0. The van der Waals surface area contributed by atoms with Gasteiger partial charge in [0.1, 0.15) is 0 Å². The summed E-state index contributed by atoms with van der Waals surface area (Å²) < 4.78 is 11.0. The van der Waals surface area contributed by atoms with Gasteiger partial charge in [-0.3, -0.25) is 9.69 Å². The fourth-order valence-electron chi connectivity index (χ4n) is 3.38. The van der Waals surface area contributed by atoms with Gasteiger partial charge in [0, 0.05) is 44.1 Å². The average Bonchev–Trinajstić information content (AvgIpc) is 2.92. The molecule has 0 bridgehead atoms. The van der Waals surface area contributed by atoms with Crippen LogP contribution in [0.1, 0.15) is 25.7 Å². The normalized spacial score (nSPS) is 29.9. The summed E-state index contributed by atoms with van der Waals surface area (Å²) in [6.45, 7) is 6.02. The van der Waals surface area contributed by atoms with Crippen molar-refractivity contribution in [3.63, 3.8) is 0 Å². The molecular formula is C15H26N2O3. The molecule has 5 heteroatoms. The minimum atomic E-state index is 0.258. The van der Waals surface area contributed by atoms with Crippen LogP contribution in [-0.2, 0) is 14.3 Å². The van der Waals surface area contributed by atoms with Crippen molar-refractivity contribution < 1.29 is 14.3 Å². The Kier molecular flexibility index (Phi) is 4.91. The van der Waals surface area contributed by atoms with Crippen LogP contribution in [0.25, 0.3) is 0 Å². The van der Waals surface area contributed by atoms with Gasteiger partial charge in [-0.1, -0.05) is 6.42 Å². The van der Waals surface area contributed by atoms with E-state index in [2.05, 4.69) is 10.2 Å². The highest BCUT2D eigenvalue weighted by atomic mass is 16.5. The SMILES string of the molecule is O=C(NCC(C1CCOC1)N1CCOCC1)C1CCC1. The summed E-state index contributed by atoms with van der Waals surface area (Å²) in [4.78, 5) is 14.5. The molecule has 2 atom stereocenters. The lowest BCUT2D eigenvalue weighted by Crippen LogP contribution is -2.53. The Bertz CT molecular complexity index is 321. The van der Waals surface area contributed by atoms with E-state index in [-0.39, 0.29) is 11.8 Å². The first kappa shape index (κ1) is 14.3. The molecule has 0 aromatic rings. The van der Waals surface area contributed by atoms with Crippen molar-refractivity contribution in [1.29, 1.82) is 0 Å². The van der Waals surface area contributed by atoms with Gasteiger partial charge in [0.05, 0.1) is 19.8 Å². The van der Waals surface area contributed by atoms with Crippen LogP contribution in [0.2, 0.25) is 0 Å². The van der Waals surface area contributed by atoms with E-state index in [4.69, 9.17) is 9.47 Å². The maximum absolute atomic E-state index is 12.0. The van der Waals surface area contributed by atoms with Gasteiger partial charge in [0.25, 0.3) is 0 Å². The molecule has 3 aliphatic rings. The molecule has 5 nitrogen and oxygen atoms in total. The van der Waals surface area contributed by atoms with Crippen LogP contribution in [0.3, 0.4) is 0 Å². The summed E-state index contributed by atoms with van der Waals surface area (Å²) in [5.74, 6) is 1.09. The van der Waals surface area contributed by atoms with Gasteiger partial charge >= 0.3 is 0 Å². The molecular weight excluding hydrogens is 256 g/mol. The van der Waals surface area contributed by atoms with Gasteiger partial charge in [0.2, 0.25) is 5.91 Å². The van der Waals surface area contributed by atoms with Crippen LogP contribution in [0.4, 0.5) is 0 Å². The molecule has 1 aliphatic carbocycles. The van der Waals surface area contributed by atoms with Crippen LogP contribution in [0.5, 0.6) is 0 Å².